The molecule has 3 aromatic rings. The third-order valence-electron chi connectivity index (χ3n) is 3.91. The summed E-state index contributed by atoms with van der Waals surface area (Å²) in [5.41, 5.74) is -0.416. The van der Waals surface area contributed by atoms with Gasteiger partial charge in [-0.3, -0.25) is 9.59 Å². The van der Waals surface area contributed by atoms with Crippen molar-refractivity contribution < 1.29 is 22.8 Å². The maximum absolute atomic E-state index is 12.8. The van der Waals surface area contributed by atoms with Crippen molar-refractivity contribution in [2.45, 2.75) is 6.18 Å². The van der Waals surface area contributed by atoms with Crippen molar-refractivity contribution in [3.63, 3.8) is 0 Å². The van der Waals surface area contributed by atoms with Gasteiger partial charge >= 0.3 is 6.18 Å². The lowest BCUT2D eigenvalue weighted by Gasteiger charge is -2.11. The summed E-state index contributed by atoms with van der Waals surface area (Å²) in [4.78, 5) is 28.9. The maximum Gasteiger partial charge on any atom is 0.416 e. The van der Waals surface area contributed by atoms with Crippen LogP contribution in [-0.4, -0.2) is 16.8 Å². The van der Waals surface area contributed by atoms with E-state index in [1.807, 2.05) is 0 Å². The minimum absolute atomic E-state index is 0.0708. The summed E-state index contributed by atoms with van der Waals surface area (Å²) in [6, 6.07) is 11.5. The zero-order valence-electron chi connectivity index (χ0n) is 14.9. The summed E-state index contributed by atoms with van der Waals surface area (Å²) >= 11 is 9.27. The highest BCUT2D eigenvalue weighted by atomic mass is 79.9. The smallest absolute Gasteiger partial charge is 0.322 e. The van der Waals surface area contributed by atoms with E-state index in [4.69, 9.17) is 11.6 Å². The summed E-state index contributed by atoms with van der Waals surface area (Å²) in [6.45, 7) is 0. The second kappa shape index (κ2) is 8.85. The Bertz CT molecular complexity index is 1110. The van der Waals surface area contributed by atoms with E-state index < -0.39 is 23.6 Å². The van der Waals surface area contributed by atoms with E-state index in [9.17, 15) is 22.8 Å². The van der Waals surface area contributed by atoms with E-state index in [0.29, 0.717) is 10.3 Å². The van der Waals surface area contributed by atoms with Crippen LogP contribution < -0.4 is 10.6 Å². The SMILES string of the molecule is O=C(Nc1ccc(Cl)c(C(=O)Nc2ccc(Br)nc2)c1)c1cccc(C(F)(F)F)c1. The van der Waals surface area contributed by atoms with E-state index in [1.165, 1.54) is 30.5 Å². The van der Waals surface area contributed by atoms with Gasteiger partial charge in [-0.2, -0.15) is 13.2 Å². The van der Waals surface area contributed by atoms with E-state index >= 15 is 0 Å². The standard InChI is InChI=1S/C20H12BrClF3N3O2/c21-17-7-5-14(10-26-17)28-19(30)15-9-13(4-6-16(15)22)27-18(29)11-2-1-3-12(8-11)20(23,24)25/h1-10H,(H,27,29)(H,28,30). The lowest BCUT2D eigenvalue weighted by Crippen LogP contribution is -2.16. The van der Waals surface area contributed by atoms with Gasteiger partial charge in [0.05, 0.1) is 28.0 Å². The lowest BCUT2D eigenvalue weighted by molar-refractivity contribution is -0.137. The molecule has 30 heavy (non-hydrogen) atoms. The van der Waals surface area contributed by atoms with Gasteiger partial charge < -0.3 is 10.6 Å². The van der Waals surface area contributed by atoms with E-state index in [2.05, 4.69) is 31.5 Å². The molecule has 0 aliphatic carbocycles. The van der Waals surface area contributed by atoms with Gasteiger partial charge in [-0.05, 0) is 64.5 Å². The van der Waals surface area contributed by atoms with Crippen molar-refractivity contribution in [2.75, 3.05) is 10.6 Å². The molecule has 0 bridgehead atoms. The molecule has 1 aromatic heterocycles. The van der Waals surface area contributed by atoms with Crippen LogP contribution in [0.2, 0.25) is 5.02 Å². The summed E-state index contributed by atoms with van der Waals surface area (Å²) < 4.78 is 39.1. The predicted octanol–water partition coefficient (Wildman–Crippen LogP) is 6.02. The van der Waals surface area contributed by atoms with Crippen LogP contribution in [0.4, 0.5) is 24.5 Å². The van der Waals surface area contributed by atoms with E-state index in [1.54, 1.807) is 12.1 Å². The van der Waals surface area contributed by atoms with Crippen LogP contribution in [0.5, 0.6) is 0 Å². The number of carbonyl (C=O) groups is 2. The van der Waals surface area contributed by atoms with Crippen molar-refractivity contribution in [1.29, 1.82) is 0 Å². The minimum atomic E-state index is -4.57. The van der Waals surface area contributed by atoms with Crippen molar-refractivity contribution in [3.8, 4) is 0 Å². The molecule has 0 spiro atoms. The first-order chi connectivity index (χ1) is 14.1. The number of aromatic nitrogens is 1. The summed E-state index contributed by atoms with van der Waals surface area (Å²) in [6.07, 6.45) is -3.13. The Morgan fingerprint density at radius 1 is 0.933 bits per heavy atom. The van der Waals surface area contributed by atoms with Crippen LogP contribution in [0, 0.1) is 0 Å². The minimum Gasteiger partial charge on any atom is -0.322 e. The van der Waals surface area contributed by atoms with Crippen molar-refractivity contribution in [1.82, 2.24) is 4.98 Å². The van der Waals surface area contributed by atoms with Gasteiger partial charge in [0.2, 0.25) is 0 Å². The zero-order chi connectivity index (χ0) is 21.9. The fourth-order valence-electron chi connectivity index (χ4n) is 2.47. The largest absolute Gasteiger partial charge is 0.416 e. The number of hydrogen-bond acceptors (Lipinski definition) is 3. The molecule has 2 N–H and O–H groups in total. The van der Waals surface area contributed by atoms with E-state index in [0.717, 1.165) is 18.2 Å². The molecule has 0 aliphatic heterocycles. The number of carbonyl (C=O) groups excluding carboxylic acids is 2. The van der Waals surface area contributed by atoms with Crippen molar-refractivity contribution >= 4 is 50.7 Å². The molecule has 10 heteroatoms. The van der Waals surface area contributed by atoms with Crippen LogP contribution in [0.1, 0.15) is 26.3 Å². The molecule has 3 rings (SSSR count). The van der Waals surface area contributed by atoms with Crippen LogP contribution >= 0.6 is 27.5 Å². The molecule has 0 radical (unpaired) electrons. The quantitative estimate of drug-likeness (QED) is 0.432. The Balaban J connectivity index is 1.78. The molecular formula is C20H12BrClF3N3O2. The summed E-state index contributed by atoms with van der Waals surface area (Å²) in [7, 11) is 0. The van der Waals surface area contributed by atoms with Gasteiger partial charge in [-0.15, -0.1) is 0 Å². The molecule has 0 aliphatic rings. The van der Waals surface area contributed by atoms with Crippen molar-refractivity contribution in [3.05, 3.63) is 87.1 Å². The first kappa shape index (κ1) is 21.8. The number of rotatable bonds is 4. The monoisotopic (exact) mass is 497 g/mol. The maximum atomic E-state index is 12.8. The van der Waals surface area contributed by atoms with E-state index in [-0.39, 0.29) is 21.8 Å². The Hall–Kier alpha value is -2.91. The van der Waals surface area contributed by atoms with Gasteiger partial charge in [-0.25, -0.2) is 4.98 Å². The number of benzene rings is 2. The second-order valence-electron chi connectivity index (χ2n) is 6.05. The second-order valence-corrected chi connectivity index (χ2v) is 7.27. The molecule has 2 aromatic carbocycles. The fraction of sp³-hybridized carbons (Fsp3) is 0.0500. The normalized spacial score (nSPS) is 11.1. The molecule has 154 valence electrons. The van der Waals surface area contributed by atoms with Gasteiger partial charge in [0.25, 0.3) is 11.8 Å². The third-order valence-corrected chi connectivity index (χ3v) is 4.70. The number of amides is 2. The number of nitrogens with one attached hydrogen (secondary N) is 2. The van der Waals surface area contributed by atoms with Gasteiger partial charge in [0.15, 0.2) is 0 Å². The predicted molar refractivity (Wildman–Crippen MR) is 111 cm³/mol. The third kappa shape index (κ3) is 5.37. The number of pyridine rings is 1. The fourth-order valence-corrected chi connectivity index (χ4v) is 2.90. The molecule has 0 saturated heterocycles. The summed E-state index contributed by atoms with van der Waals surface area (Å²) in [5.74, 6) is -1.30. The number of halogens is 5. The van der Waals surface area contributed by atoms with Gasteiger partial charge in [0, 0.05) is 11.3 Å². The molecule has 0 fully saturated rings. The molecular weight excluding hydrogens is 487 g/mol. The first-order valence-electron chi connectivity index (χ1n) is 8.34. The highest BCUT2D eigenvalue weighted by Gasteiger charge is 2.30. The average molecular weight is 499 g/mol. The topological polar surface area (TPSA) is 71.1 Å². The molecule has 0 atom stereocenters. The zero-order valence-corrected chi connectivity index (χ0v) is 17.3. The molecule has 5 nitrogen and oxygen atoms in total. The number of anilines is 2. The van der Waals surface area contributed by atoms with Crippen LogP contribution in [-0.2, 0) is 6.18 Å². The average Bonchev–Trinajstić information content (AvgIpc) is 2.70. The lowest BCUT2D eigenvalue weighted by atomic mass is 10.1. The van der Waals surface area contributed by atoms with Crippen LogP contribution in [0.3, 0.4) is 0 Å². The Kier molecular flexibility index (Phi) is 6.42. The Morgan fingerprint density at radius 3 is 2.30 bits per heavy atom. The summed E-state index contributed by atoms with van der Waals surface area (Å²) in [5, 5.41) is 5.22. The first-order valence-corrected chi connectivity index (χ1v) is 9.51. The van der Waals surface area contributed by atoms with Crippen molar-refractivity contribution in [2.24, 2.45) is 0 Å². The molecule has 0 unspecified atom stereocenters. The number of hydrogen-bond donors (Lipinski definition) is 2. The number of nitrogens with zero attached hydrogens (tertiary/aromatic N) is 1. The van der Waals surface area contributed by atoms with Crippen LogP contribution in [0.25, 0.3) is 0 Å². The molecule has 0 saturated carbocycles. The highest BCUT2D eigenvalue weighted by molar-refractivity contribution is 9.10. The number of alkyl halides is 3. The highest BCUT2D eigenvalue weighted by Crippen LogP contribution is 2.30. The molecule has 2 amide bonds. The molecule has 1 heterocycles. The van der Waals surface area contributed by atoms with Gasteiger partial charge in [0.1, 0.15) is 4.60 Å². The Labute approximate surface area is 182 Å². The Morgan fingerprint density at radius 2 is 1.63 bits per heavy atom. The van der Waals surface area contributed by atoms with Gasteiger partial charge in [-0.1, -0.05) is 17.7 Å². The van der Waals surface area contributed by atoms with Crippen LogP contribution in [0.15, 0.2) is 65.4 Å².